The topological polar surface area (TPSA) is 125 Å². The number of rotatable bonds is 3. The van der Waals surface area contributed by atoms with Crippen molar-refractivity contribution in [1.82, 2.24) is 15.1 Å². The van der Waals surface area contributed by atoms with Gasteiger partial charge in [0.2, 0.25) is 17.7 Å². The summed E-state index contributed by atoms with van der Waals surface area (Å²) in [6.07, 6.45) is 4.81. The first-order valence-electron chi connectivity index (χ1n) is 13.7. The van der Waals surface area contributed by atoms with Crippen LogP contribution in [0.4, 0.5) is 0 Å². The Balaban J connectivity index is 1.87. The number of esters is 1. The molecule has 0 aromatic heterocycles. The Morgan fingerprint density at radius 3 is 2.49 bits per heavy atom. The van der Waals surface area contributed by atoms with Gasteiger partial charge >= 0.3 is 5.97 Å². The van der Waals surface area contributed by atoms with Gasteiger partial charge in [0, 0.05) is 23.0 Å². The van der Waals surface area contributed by atoms with Crippen molar-refractivity contribution < 1.29 is 33.8 Å². The first-order valence-corrected chi connectivity index (χ1v) is 14.5. The number of allylic oxidation sites excluding steroid dienone is 1. The third kappa shape index (κ3) is 5.17. The summed E-state index contributed by atoms with van der Waals surface area (Å²) in [4.78, 5) is 57.8. The number of likely N-dealkylation sites (tertiary alicyclic amines) is 1. The highest BCUT2D eigenvalue weighted by atomic mass is 79.9. The number of carbonyl (C=O) groups is 4. The van der Waals surface area contributed by atoms with Crippen LogP contribution in [0.15, 0.2) is 22.7 Å². The fourth-order valence-corrected chi connectivity index (χ4v) is 6.94. The van der Waals surface area contributed by atoms with Crippen molar-refractivity contribution in [2.24, 2.45) is 17.8 Å². The van der Waals surface area contributed by atoms with Crippen LogP contribution in [0.25, 0.3) is 0 Å². The number of aliphatic hydroxyl groups is 1. The van der Waals surface area contributed by atoms with E-state index in [4.69, 9.17) is 9.47 Å². The molecule has 3 amide bonds. The molecular formula is C28H40BrN3O7. The average molecular weight is 611 g/mol. The lowest BCUT2D eigenvalue weighted by molar-refractivity contribution is -0.160. The number of hydrogen-bond acceptors (Lipinski definition) is 7. The minimum Gasteiger partial charge on any atom is -0.460 e. The largest absolute Gasteiger partial charge is 0.460 e. The Bertz CT molecular complexity index is 1080. The second-order valence-electron chi connectivity index (χ2n) is 12.2. The SMILES string of the molecule is CC(C)[C@H](CO)N1C(=O)[C@H]2[C@@H]3C(=O)O[C@H](C)CNC(=O)CC/C=C\CN(C(C)(C)C)C(=O)[C@H]1[C@@]21C=C(Br)[C@@H]3O1. The van der Waals surface area contributed by atoms with E-state index < -0.39 is 59.1 Å². The first-order chi connectivity index (χ1) is 18.2. The predicted octanol–water partition coefficient (Wildman–Crippen LogP) is 1.90. The maximum Gasteiger partial charge on any atom is 0.313 e. The van der Waals surface area contributed by atoms with Gasteiger partial charge < -0.3 is 29.7 Å². The van der Waals surface area contributed by atoms with E-state index in [-0.39, 0.29) is 43.8 Å². The highest BCUT2D eigenvalue weighted by Gasteiger charge is 2.75. The molecule has 216 valence electrons. The van der Waals surface area contributed by atoms with Crippen LogP contribution in [0.1, 0.15) is 54.4 Å². The van der Waals surface area contributed by atoms with E-state index in [1.165, 1.54) is 4.90 Å². The number of halogens is 1. The van der Waals surface area contributed by atoms with Crippen LogP contribution < -0.4 is 5.32 Å². The Hall–Kier alpha value is -2.24. The molecule has 11 heteroatoms. The van der Waals surface area contributed by atoms with Crippen LogP contribution in [0, 0.1) is 17.8 Å². The Labute approximate surface area is 238 Å². The zero-order valence-corrected chi connectivity index (χ0v) is 25.1. The normalized spacial score (nSPS) is 35.6. The lowest BCUT2D eigenvalue weighted by Gasteiger charge is -2.43. The van der Waals surface area contributed by atoms with Crippen LogP contribution in [0.2, 0.25) is 0 Å². The summed E-state index contributed by atoms with van der Waals surface area (Å²) in [5, 5.41) is 13.2. The number of cyclic esters (lactones) is 1. The monoisotopic (exact) mass is 609 g/mol. The molecule has 0 aromatic rings. The molecule has 4 rings (SSSR count). The summed E-state index contributed by atoms with van der Waals surface area (Å²) in [6.45, 7) is 11.2. The van der Waals surface area contributed by atoms with Gasteiger partial charge in [0.15, 0.2) is 0 Å². The minimum absolute atomic E-state index is 0.137. The van der Waals surface area contributed by atoms with Gasteiger partial charge in [-0.15, -0.1) is 0 Å². The fourth-order valence-electron chi connectivity index (χ4n) is 6.20. The number of carbonyl (C=O) groups excluding carboxylic acids is 4. The maximum atomic E-state index is 14.6. The van der Waals surface area contributed by atoms with Crippen molar-refractivity contribution in [1.29, 1.82) is 0 Å². The third-order valence-electron chi connectivity index (χ3n) is 8.16. The minimum atomic E-state index is -1.40. The molecule has 1 spiro atoms. The Morgan fingerprint density at radius 2 is 1.87 bits per heavy atom. The quantitative estimate of drug-likeness (QED) is 0.370. The molecule has 4 aliphatic rings. The van der Waals surface area contributed by atoms with Gasteiger partial charge in [-0.1, -0.05) is 41.9 Å². The zero-order valence-electron chi connectivity index (χ0n) is 23.5. The van der Waals surface area contributed by atoms with Crippen molar-refractivity contribution in [3.05, 3.63) is 22.7 Å². The Kier molecular flexibility index (Phi) is 8.36. The molecule has 4 heterocycles. The van der Waals surface area contributed by atoms with Gasteiger partial charge in [-0.2, -0.15) is 0 Å². The molecule has 4 aliphatic heterocycles. The number of aliphatic hydroxyl groups excluding tert-OH is 1. The summed E-state index contributed by atoms with van der Waals surface area (Å²) in [6, 6.07) is -1.75. The van der Waals surface area contributed by atoms with E-state index in [1.54, 1.807) is 17.9 Å². The predicted molar refractivity (Wildman–Crippen MR) is 146 cm³/mol. The van der Waals surface area contributed by atoms with E-state index in [0.717, 1.165) is 0 Å². The van der Waals surface area contributed by atoms with E-state index in [2.05, 4.69) is 21.2 Å². The van der Waals surface area contributed by atoms with Crippen LogP contribution in [0.5, 0.6) is 0 Å². The fraction of sp³-hybridized carbons (Fsp3) is 0.714. The summed E-state index contributed by atoms with van der Waals surface area (Å²) in [7, 11) is 0. The number of nitrogens with one attached hydrogen (secondary N) is 1. The van der Waals surface area contributed by atoms with Gasteiger partial charge in [0.1, 0.15) is 29.8 Å². The molecule has 2 saturated heterocycles. The van der Waals surface area contributed by atoms with E-state index >= 15 is 0 Å². The molecule has 0 saturated carbocycles. The summed E-state index contributed by atoms with van der Waals surface area (Å²) in [5.41, 5.74) is -2.02. The van der Waals surface area contributed by atoms with Crippen molar-refractivity contribution >= 4 is 39.6 Å². The molecule has 7 atom stereocenters. The molecule has 0 radical (unpaired) electrons. The zero-order chi connectivity index (χ0) is 28.9. The molecule has 0 aromatic carbocycles. The van der Waals surface area contributed by atoms with Gasteiger partial charge in [0.05, 0.1) is 25.1 Å². The van der Waals surface area contributed by atoms with Crippen LogP contribution >= 0.6 is 15.9 Å². The van der Waals surface area contributed by atoms with Gasteiger partial charge in [-0.05, 0) is 46.1 Å². The molecule has 0 unspecified atom stereocenters. The van der Waals surface area contributed by atoms with Crippen molar-refractivity contribution in [3.8, 4) is 0 Å². The standard InChI is InChI=1S/C28H40BrN3O7/c1-15(2)18(14-33)32-23-25(36)31(27(4,5)6)11-9-7-8-10-19(34)30-13-16(3)38-26(37)20-21(24(32)35)28(23)12-17(29)22(20)39-28/h7,9,12,15-16,18,20-23,33H,8,10-11,13-14H2,1-6H3,(H,30,34)/b9-7-/t16-,18+,20+,21-,22+,23+,28-/m1/s1. The van der Waals surface area contributed by atoms with Crippen molar-refractivity contribution in [3.63, 3.8) is 0 Å². The van der Waals surface area contributed by atoms with Gasteiger partial charge in [-0.25, -0.2) is 0 Å². The lowest BCUT2D eigenvalue weighted by Crippen LogP contribution is -2.62. The molecule has 0 aliphatic carbocycles. The molecule has 2 N–H and O–H groups in total. The first kappa shape index (κ1) is 29.7. The summed E-state index contributed by atoms with van der Waals surface area (Å²) in [5.74, 6) is -3.67. The highest BCUT2D eigenvalue weighted by molar-refractivity contribution is 9.11. The number of ether oxygens (including phenoxy) is 2. The Morgan fingerprint density at radius 1 is 1.18 bits per heavy atom. The van der Waals surface area contributed by atoms with Gasteiger partial charge in [0.25, 0.3) is 0 Å². The second kappa shape index (κ2) is 11.0. The molecule has 2 fully saturated rings. The van der Waals surface area contributed by atoms with Crippen molar-refractivity contribution in [2.75, 3.05) is 19.7 Å². The van der Waals surface area contributed by atoms with E-state index in [1.807, 2.05) is 46.8 Å². The third-order valence-corrected chi connectivity index (χ3v) is 8.84. The summed E-state index contributed by atoms with van der Waals surface area (Å²) >= 11 is 3.53. The average Bonchev–Trinajstić information content (AvgIpc) is 3.42. The molecular weight excluding hydrogens is 570 g/mol. The smallest absolute Gasteiger partial charge is 0.313 e. The van der Waals surface area contributed by atoms with E-state index in [9.17, 15) is 24.3 Å². The highest BCUT2D eigenvalue weighted by Crippen LogP contribution is 2.59. The number of hydrogen-bond donors (Lipinski definition) is 2. The lowest BCUT2D eigenvalue weighted by atomic mass is 9.74. The number of amides is 3. The number of nitrogens with zero attached hydrogens (tertiary/aromatic N) is 2. The maximum absolute atomic E-state index is 14.6. The molecule has 5 bridgehead atoms. The van der Waals surface area contributed by atoms with Crippen LogP contribution in [-0.4, -0.2) is 93.7 Å². The molecule has 10 nitrogen and oxygen atoms in total. The van der Waals surface area contributed by atoms with Crippen molar-refractivity contribution in [2.45, 2.75) is 89.8 Å². The molecule has 39 heavy (non-hydrogen) atoms. The van der Waals surface area contributed by atoms with Crippen LogP contribution in [-0.2, 0) is 28.7 Å². The van der Waals surface area contributed by atoms with E-state index in [0.29, 0.717) is 10.9 Å². The van der Waals surface area contributed by atoms with Crippen LogP contribution in [0.3, 0.4) is 0 Å². The van der Waals surface area contributed by atoms with Gasteiger partial charge in [-0.3, -0.25) is 19.2 Å². The summed E-state index contributed by atoms with van der Waals surface area (Å²) < 4.78 is 12.8. The number of fused-ring (bicyclic) bond motifs is 2. The second-order valence-corrected chi connectivity index (χ2v) is 13.2.